The van der Waals surface area contributed by atoms with Gasteiger partial charge in [0.1, 0.15) is 0 Å². The van der Waals surface area contributed by atoms with Crippen LogP contribution in [0.5, 0.6) is 0 Å². The Balaban J connectivity index is 0.00000196. The molecule has 0 saturated heterocycles. The van der Waals surface area contributed by atoms with Crippen LogP contribution in [0.15, 0.2) is 30.3 Å². The third kappa shape index (κ3) is 4.32. The van der Waals surface area contributed by atoms with Gasteiger partial charge < -0.3 is 11.1 Å². The van der Waals surface area contributed by atoms with Gasteiger partial charge in [-0.2, -0.15) is 0 Å². The maximum atomic E-state index is 11.5. The predicted molar refractivity (Wildman–Crippen MR) is 65.1 cm³/mol. The third-order valence-electron chi connectivity index (χ3n) is 2.06. The molecule has 1 aromatic rings. The summed E-state index contributed by atoms with van der Waals surface area (Å²) >= 11 is 0. The van der Waals surface area contributed by atoms with E-state index >= 15 is 0 Å². The lowest BCUT2D eigenvalue weighted by atomic mass is 10.1. The maximum absolute atomic E-state index is 11.5. The number of carbonyl (C=O) groups excluding carboxylic acids is 1. The molecule has 0 aromatic heterocycles. The van der Waals surface area contributed by atoms with Crippen LogP contribution in [0.25, 0.3) is 0 Å². The molecule has 1 rings (SSSR count). The summed E-state index contributed by atoms with van der Waals surface area (Å²) < 4.78 is 0. The van der Waals surface area contributed by atoms with E-state index in [-0.39, 0.29) is 24.2 Å². The Labute approximate surface area is 96.5 Å². The monoisotopic (exact) mass is 228 g/mol. The van der Waals surface area contributed by atoms with Crippen molar-refractivity contribution in [1.82, 2.24) is 0 Å². The highest BCUT2D eigenvalue weighted by Crippen LogP contribution is 2.07. The number of para-hydroxylation sites is 1. The first kappa shape index (κ1) is 13.9. The highest BCUT2D eigenvalue weighted by Gasteiger charge is 2.16. The molecule has 0 aliphatic heterocycles. The SMILES string of the molecule is CC(C)[C@H](N)C(=O)Nc1ccccc1.Cl. The summed E-state index contributed by atoms with van der Waals surface area (Å²) in [4.78, 5) is 11.5. The van der Waals surface area contributed by atoms with Crippen molar-refractivity contribution in [2.75, 3.05) is 5.32 Å². The van der Waals surface area contributed by atoms with Gasteiger partial charge in [0.2, 0.25) is 5.91 Å². The zero-order valence-electron chi connectivity index (χ0n) is 8.94. The van der Waals surface area contributed by atoms with Crippen LogP contribution in [-0.4, -0.2) is 11.9 Å². The highest BCUT2D eigenvalue weighted by atomic mass is 35.5. The summed E-state index contributed by atoms with van der Waals surface area (Å²) in [6, 6.07) is 8.87. The van der Waals surface area contributed by atoms with E-state index < -0.39 is 6.04 Å². The summed E-state index contributed by atoms with van der Waals surface area (Å²) in [5, 5.41) is 2.76. The summed E-state index contributed by atoms with van der Waals surface area (Å²) in [5.41, 5.74) is 6.48. The van der Waals surface area contributed by atoms with Crippen LogP contribution >= 0.6 is 12.4 Å². The fourth-order valence-corrected chi connectivity index (χ4v) is 1.05. The van der Waals surface area contributed by atoms with E-state index in [1.54, 1.807) is 0 Å². The van der Waals surface area contributed by atoms with Crippen molar-refractivity contribution >= 4 is 24.0 Å². The van der Waals surface area contributed by atoms with Crippen LogP contribution in [0.4, 0.5) is 5.69 Å². The second-order valence-electron chi connectivity index (χ2n) is 3.63. The molecule has 4 heteroatoms. The van der Waals surface area contributed by atoms with Crippen molar-refractivity contribution in [2.24, 2.45) is 11.7 Å². The van der Waals surface area contributed by atoms with Gasteiger partial charge in [0, 0.05) is 5.69 Å². The van der Waals surface area contributed by atoms with Gasteiger partial charge in [0.05, 0.1) is 6.04 Å². The predicted octanol–water partition coefficient (Wildman–Crippen LogP) is 2.03. The van der Waals surface area contributed by atoms with Gasteiger partial charge in [-0.3, -0.25) is 4.79 Å². The van der Waals surface area contributed by atoms with Crippen LogP contribution in [0, 0.1) is 5.92 Å². The number of anilines is 1. The molecule has 0 spiro atoms. The molecule has 0 radical (unpaired) electrons. The van der Waals surface area contributed by atoms with Crippen LogP contribution in [0.1, 0.15) is 13.8 Å². The van der Waals surface area contributed by atoms with E-state index in [0.717, 1.165) is 5.69 Å². The topological polar surface area (TPSA) is 55.1 Å². The van der Waals surface area contributed by atoms with Gasteiger partial charge in [0.25, 0.3) is 0 Å². The maximum Gasteiger partial charge on any atom is 0.241 e. The minimum Gasteiger partial charge on any atom is -0.325 e. The second kappa shape index (κ2) is 6.43. The minimum atomic E-state index is -0.449. The van der Waals surface area contributed by atoms with Crippen molar-refractivity contribution in [3.8, 4) is 0 Å². The van der Waals surface area contributed by atoms with Crippen LogP contribution in [0.3, 0.4) is 0 Å². The number of hydrogen-bond donors (Lipinski definition) is 2. The number of rotatable bonds is 3. The lowest BCUT2D eigenvalue weighted by Gasteiger charge is -2.15. The Kier molecular flexibility index (Phi) is 5.97. The van der Waals surface area contributed by atoms with Gasteiger partial charge in [0.15, 0.2) is 0 Å². The van der Waals surface area contributed by atoms with E-state index in [1.165, 1.54) is 0 Å². The molecule has 0 saturated carbocycles. The van der Waals surface area contributed by atoms with Crippen molar-refractivity contribution in [3.63, 3.8) is 0 Å². The molecule has 1 aromatic carbocycles. The summed E-state index contributed by atoms with van der Waals surface area (Å²) in [6.07, 6.45) is 0. The summed E-state index contributed by atoms with van der Waals surface area (Å²) in [7, 11) is 0. The van der Waals surface area contributed by atoms with Crippen molar-refractivity contribution in [2.45, 2.75) is 19.9 Å². The van der Waals surface area contributed by atoms with Crippen molar-refractivity contribution in [3.05, 3.63) is 30.3 Å². The van der Waals surface area contributed by atoms with Gasteiger partial charge in [-0.1, -0.05) is 32.0 Å². The molecule has 0 unspecified atom stereocenters. The first-order chi connectivity index (χ1) is 6.61. The minimum absolute atomic E-state index is 0. The van der Waals surface area contributed by atoms with E-state index in [1.807, 2.05) is 44.2 Å². The number of nitrogens with one attached hydrogen (secondary N) is 1. The number of carbonyl (C=O) groups is 1. The third-order valence-corrected chi connectivity index (χ3v) is 2.06. The molecule has 1 atom stereocenters. The van der Waals surface area contributed by atoms with E-state index in [0.29, 0.717) is 0 Å². The number of halogens is 1. The molecule has 0 aliphatic carbocycles. The molecule has 15 heavy (non-hydrogen) atoms. The quantitative estimate of drug-likeness (QED) is 0.832. The molecule has 0 heterocycles. The van der Waals surface area contributed by atoms with Gasteiger partial charge in [-0.05, 0) is 18.1 Å². The standard InChI is InChI=1S/C11H16N2O.ClH/c1-8(2)10(12)11(14)13-9-6-4-3-5-7-9;/h3-8,10H,12H2,1-2H3,(H,13,14);1H/t10-;/m0./s1. The number of amides is 1. The van der Waals surface area contributed by atoms with Crippen LogP contribution in [0.2, 0.25) is 0 Å². The molecule has 84 valence electrons. The van der Waals surface area contributed by atoms with Gasteiger partial charge in [-0.25, -0.2) is 0 Å². The lowest BCUT2D eigenvalue weighted by Crippen LogP contribution is -2.39. The Morgan fingerprint density at radius 2 is 1.80 bits per heavy atom. The molecule has 3 N–H and O–H groups in total. The Morgan fingerprint density at radius 3 is 2.27 bits per heavy atom. The molecule has 0 bridgehead atoms. The van der Waals surface area contributed by atoms with Gasteiger partial charge >= 0.3 is 0 Å². The smallest absolute Gasteiger partial charge is 0.241 e. The van der Waals surface area contributed by atoms with E-state index in [4.69, 9.17) is 5.73 Å². The Morgan fingerprint density at radius 1 is 1.27 bits per heavy atom. The zero-order chi connectivity index (χ0) is 10.6. The average molecular weight is 229 g/mol. The Bertz CT molecular complexity index is 301. The fourth-order valence-electron chi connectivity index (χ4n) is 1.05. The number of hydrogen-bond acceptors (Lipinski definition) is 2. The average Bonchev–Trinajstić information content (AvgIpc) is 2.18. The van der Waals surface area contributed by atoms with Crippen LogP contribution in [-0.2, 0) is 4.79 Å². The van der Waals surface area contributed by atoms with Crippen molar-refractivity contribution in [1.29, 1.82) is 0 Å². The largest absolute Gasteiger partial charge is 0.325 e. The number of benzene rings is 1. The Hall–Kier alpha value is -1.06. The molecule has 0 aliphatic rings. The normalized spacial score (nSPS) is 11.7. The van der Waals surface area contributed by atoms with Gasteiger partial charge in [-0.15, -0.1) is 12.4 Å². The van der Waals surface area contributed by atoms with Crippen LogP contribution < -0.4 is 11.1 Å². The molecule has 1 amide bonds. The summed E-state index contributed by atoms with van der Waals surface area (Å²) in [6.45, 7) is 3.85. The molecule has 3 nitrogen and oxygen atoms in total. The zero-order valence-corrected chi connectivity index (χ0v) is 9.75. The van der Waals surface area contributed by atoms with E-state index in [9.17, 15) is 4.79 Å². The first-order valence-corrected chi connectivity index (χ1v) is 4.72. The number of nitrogens with two attached hydrogens (primary N) is 1. The molecular formula is C11H17ClN2O. The lowest BCUT2D eigenvalue weighted by molar-refractivity contribution is -0.118. The first-order valence-electron chi connectivity index (χ1n) is 4.72. The molecule has 0 fully saturated rings. The molecular weight excluding hydrogens is 212 g/mol. The fraction of sp³-hybridized carbons (Fsp3) is 0.364. The highest BCUT2D eigenvalue weighted by molar-refractivity contribution is 5.94. The van der Waals surface area contributed by atoms with E-state index in [2.05, 4.69) is 5.32 Å². The summed E-state index contributed by atoms with van der Waals surface area (Å²) in [5.74, 6) is 0.0184. The van der Waals surface area contributed by atoms with Crippen molar-refractivity contribution < 1.29 is 4.79 Å². The second-order valence-corrected chi connectivity index (χ2v) is 3.63.